The Morgan fingerprint density at radius 1 is 0.345 bits per heavy atom. The predicted octanol–water partition coefficient (Wildman–Crippen LogP) is 14.2. The van der Waals surface area contributed by atoms with Crippen LogP contribution in [0, 0.1) is 0 Å². The minimum absolute atomic E-state index is 0.580. The van der Waals surface area contributed by atoms with E-state index in [-0.39, 0.29) is 0 Å². The van der Waals surface area contributed by atoms with E-state index >= 15 is 0 Å². The summed E-state index contributed by atoms with van der Waals surface area (Å²) in [4.78, 5) is 17.9. The van der Waals surface area contributed by atoms with Gasteiger partial charge in [-0.3, -0.25) is 0 Å². The monoisotopic (exact) mass is 740 g/mol. The summed E-state index contributed by atoms with van der Waals surface area (Å²) in [7, 11) is 0. The van der Waals surface area contributed by atoms with Gasteiger partial charge in [0.25, 0.3) is 0 Å². The number of rotatable bonds is 5. The zero-order chi connectivity index (χ0) is 38.2. The molecule has 5 nitrogen and oxygen atoms in total. The molecular formula is C53H32N4O. The van der Waals surface area contributed by atoms with E-state index in [4.69, 9.17) is 19.4 Å². The molecule has 0 unspecified atom stereocenters. The Morgan fingerprint density at radius 2 is 0.966 bits per heavy atom. The van der Waals surface area contributed by atoms with Gasteiger partial charge in [-0.25, -0.2) is 15.0 Å². The van der Waals surface area contributed by atoms with Crippen molar-refractivity contribution >= 4 is 60.5 Å². The molecule has 1 aliphatic heterocycles. The van der Waals surface area contributed by atoms with Crippen LogP contribution < -0.4 is 4.90 Å². The van der Waals surface area contributed by atoms with Crippen molar-refractivity contribution in [2.24, 2.45) is 0 Å². The van der Waals surface area contributed by atoms with Crippen molar-refractivity contribution in [1.82, 2.24) is 15.0 Å². The fourth-order valence-corrected chi connectivity index (χ4v) is 8.69. The fraction of sp³-hybridized carbons (Fsp3) is 0. The molecule has 3 heterocycles. The van der Waals surface area contributed by atoms with Crippen molar-refractivity contribution in [1.29, 1.82) is 0 Å². The Morgan fingerprint density at radius 3 is 1.79 bits per heavy atom. The lowest BCUT2D eigenvalue weighted by atomic mass is 9.87. The van der Waals surface area contributed by atoms with E-state index < -0.39 is 0 Å². The Balaban J connectivity index is 1.07. The normalized spacial score (nSPS) is 12.1. The van der Waals surface area contributed by atoms with Crippen LogP contribution in [0.3, 0.4) is 0 Å². The minimum atomic E-state index is 0.580. The van der Waals surface area contributed by atoms with Crippen molar-refractivity contribution in [2.75, 3.05) is 4.90 Å². The summed E-state index contributed by atoms with van der Waals surface area (Å²) in [5.74, 6) is 1.78. The molecule has 0 radical (unpaired) electrons. The molecule has 0 aliphatic carbocycles. The highest BCUT2D eigenvalue weighted by Crippen LogP contribution is 2.53. The molecule has 0 spiro atoms. The topological polar surface area (TPSA) is 55.1 Å². The molecule has 0 saturated heterocycles. The van der Waals surface area contributed by atoms with Crippen LogP contribution in [0.1, 0.15) is 0 Å². The van der Waals surface area contributed by atoms with Crippen LogP contribution in [0.5, 0.6) is 0 Å². The van der Waals surface area contributed by atoms with Gasteiger partial charge in [0.2, 0.25) is 0 Å². The van der Waals surface area contributed by atoms with Crippen molar-refractivity contribution in [2.45, 2.75) is 0 Å². The lowest BCUT2D eigenvalue weighted by Gasteiger charge is -2.34. The molecule has 0 saturated carbocycles. The number of benzene rings is 9. The molecule has 270 valence electrons. The summed E-state index contributed by atoms with van der Waals surface area (Å²) in [6.07, 6.45) is 0. The largest absolute Gasteiger partial charge is 0.456 e. The van der Waals surface area contributed by atoms with Gasteiger partial charge in [-0.05, 0) is 81.4 Å². The van der Waals surface area contributed by atoms with Gasteiger partial charge in [0, 0.05) is 44.1 Å². The lowest BCUT2D eigenvalue weighted by Crippen LogP contribution is -2.15. The first-order valence-corrected chi connectivity index (χ1v) is 19.5. The summed E-state index contributed by atoms with van der Waals surface area (Å²) in [6, 6.07) is 68.2. The first-order chi connectivity index (χ1) is 28.7. The molecule has 0 N–H and O–H groups in total. The second kappa shape index (κ2) is 12.8. The van der Waals surface area contributed by atoms with Gasteiger partial charge in [-0.2, -0.15) is 0 Å². The molecule has 11 aromatic rings. The first kappa shape index (κ1) is 32.4. The maximum absolute atomic E-state index is 6.32. The van der Waals surface area contributed by atoms with Gasteiger partial charge in [0.15, 0.2) is 17.5 Å². The molecule has 0 amide bonds. The third-order valence-electron chi connectivity index (χ3n) is 11.4. The number of fused-ring (bicyclic) bond motifs is 6. The van der Waals surface area contributed by atoms with Crippen LogP contribution in [-0.2, 0) is 0 Å². The number of furan rings is 1. The van der Waals surface area contributed by atoms with Gasteiger partial charge in [-0.1, -0.05) is 146 Å². The summed E-state index contributed by atoms with van der Waals surface area (Å²) >= 11 is 0. The predicted molar refractivity (Wildman–Crippen MR) is 238 cm³/mol. The van der Waals surface area contributed by atoms with Crippen molar-refractivity contribution < 1.29 is 4.42 Å². The first-order valence-electron chi connectivity index (χ1n) is 19.5. The van der Waals surface area contributed by atoms with Gasteiger partial charge < -0.3 is 9.32 Å². The van der Waals surface area contributed by atoms with E-state index in [0.29, 0.717) is 17.5 Å². The van der Waals surface area contributed by atoms with Gasteiger partial charge in [0.05, 0.1) is 11.4 Å². The van der Waals surface area contributed by atoms with Crippen LogP contribution in [0.25, 0.3) is 99.9 Å². The Bertz CT molecular complexity index is 3410. The smallest absolute Gasteiger partial charge is 0.164 e. The molecule has 2 aromatic heterocycles. The number of hydrogen-bond acceptors (Lipinski definition) is 5. The fourth-order valence-electron chi connectivity index (χ4n) is 8.69. The average molecular weight is 741 g/mol. The molecule has 12 rings (SSSR count). The van der Waals surface area contributed by atoms with Gasteiger partial charge >= 0.3 is 0 Å². The number of anilines is 3. The van der Waals surface area contributed by atoms with Crippen LogP contribution in [0.4, 0.5) is 17.1 Å². The number of nitrogens with zero attached hydrogens (tertiary/aromatic N) is 4. The second-order valence-corrected chi connectivity index (χ2v) is 14.8. The standard InChI is InChI=1S/C53H32N4O/c1-3-13-34(14-4-1)40-28-29-46-50-44(40)19-11-20-45(50)41-26-24-37(31-47(41)57(46)39-16-5-2-6-17-39)52-54-51(36-23-22-33-12-7-8-15-35(33)30-36)55-53(56-52)38-25-27-43-42-18-9-10-21-48(42)58-49(43)32-38/h1-32H. The highest BCUT2D eigenvalue weighted by molar-refractivity contribution is 6.17. The third kappa shape index (κ3) is 5.14. The van der Waals surface area contributed by atoms with Crippen LogP contribution in [0.15, 0.2) is 199 Å². The van der Waals surface area contributed by atoms with E-state index in [2.05, 4.69) is 175 Å². The maximum Gasteiger partial charge on any atom is 0.164 e. The summed E-state index contributed by atoms with van der Waals surface area (Å²) in [6.45, 7) is 0. The van der Waals surface area contributed by atoms with Gasteiger partial charge in [0.1, 0.15) is 11.2 Å². The number of para-hydroxylation sites is 2. The maximum atomic E-state index is 6.32. The number of hydrogen-bond donors (Lipinski definition) is 0. The van der Waals surface area contributed by atoms with Crippen molar-refractivity contribution in [3.63, 3.8) is 0 Å². The average Bonchev–Trinajstić information content (AvgIpc) is 3.67. The molecule has 58 heavy (non-hydrogen) atoms. The van der Waals surface area contributed by atoms with E-state index in [1.165, 1.54) is 27.5 Å². The summed E-state index contributed by atoms with van der Waals surface area (Å²) in [5, 5.41) is 6.89. The Labute approximate surface area is 334 Å². The highest BCUT2D eigenvalue weighted by Gasteiger charge is 2.28. The van der Waals surface area contributed by atoms with Gasteiger partial charge in [-0.15, -0.1) is 0 Å². The molecule has 5 heteroatoms. The minimum Gasteiger partial charge on any atom is -0.456 e. The molecular weight excluding hydrogens is 709 g/mol. The summed E-state index contributed by atoms with van der Waals surface area (Å²) in [5.41, 5.74) is 12.4. The van der Waals surface area contributed by atoms with Crippen LogP contribution in [0.2, 0.25) is 0 Å². The van der Waals surface area contributed by atoms with Crippen molar-refractivity contribution in [3.8, 4) is 56.4 Å². The molecule has 1 aliphatic rings. The molecule has 0 bridgehead atoms. The summed E-state index contributed by atoms with van der Waals surface area (Å²) < 4.78 is 6.32. The molecule has 0 fully saturated rings. The molecule has 0 atom stereocenters. The molecule has 9 aromatic carbocycles. The number of aromatic nitrogens is 3. The zero-order valence-electron chi connectivity index (χ0n) is 31.2. The lowest BCUT2D eigenvalue weighted by molar-refractivity contribution is 0.669. The quantitative estimate of drug-likeness (QED) is 0.176. The highest BCUT2D eigenvalue weighted by atomic mass is 16.3. The SMILES string of the molecule is c1ccc(-c2ccc3c4c(cccc24)-c2ccc(-c4nc(-c5ccc6ccccc6c5)nc(-c5ccc6c(c5)oc5ccccc56)n4)cc2N3c2ccccc2)cc1. The zero-order valence-corrected chi connectivity index (χ0v) is 31.2. The van der Waals surface area contributed by atoms with Crippen molar-refractivity contribution in [3.05, 3.63) is 194 Å². The Kier molecular flexibility index (Phi) is 7.16. The van der Waals surface area contributed by atoms with E-state index in [1.807, 2.05) is 24.3 Å². The second-order valence-electron chi connectivity index (χ2n) is 14.8. The van der Waals surface area contributed by atoms with E-state index in [9.17, 15) is 0 Å². The third-order valence-corrected chi connectivity index (χ3v) is 11.4. The van der Waals surface area contributed by atoms with E-state index in [0.717, 1.165) is 72.0 Å². The Hall–Kier alpha value is -7.89. The van der Waals surface area contributed by atoms with Crippen LogP contribution in [-0.4, -0.2) is 15.0 Å². The van der Waals surface area contributed by atoms with E-state index in [1.54, 1.807) is 0 Å². The van der Waals surface area contributed by atoms with Crippen LogP contribution >= 0.6 is 0 Å².